The number of methoxy groups -OCH3 is 3. The fraction of sp³-hybridized carbons (Fsp3) is 0.318. The van der Waals surface area contributed by atoms with Gasteiger partial charge in [0.1, 0.15) is 11.5 Å². The molecule has 4 rings (SSSR count). The average molecular weight is 381 g/mol. The van der Waals surface area contributed by atoms with Crippen molar-refractivity contribution < 1.29 is 24.1 Å². The molecule has 1 heterocycles. The van der Waals surface area contributed by atoms with Gasteiger partial charge in [0.15, 0.2) is 17.3 Å². The lowest BCUT2D eigenvalue weighted by Crippen LogP contribution is -2.27. The molecule has 2 aliphatic rings. The van der Waals surface area contributed by atoms with Crippen molar-refractivity contribution in [1.29, 1.82) is 0 Å². The number of phenols is 1. The Labute approximate surface area is 163 Å². The number of fused-ring (bicyclic) bond motifs is 1. The number of aromatic hydroxyl groups is 1. The Bertz CT molecular complexity index is 979. The minimum atomic E-state index is -0.311. The highest BCUT2D eigenvalue weighted by atomic mass is 16.5. The Morgan fingerprint density at radius 2 is 1.79 bits per heavy atom. The molecule has 0 amide bonds. The monoisotopic (exact) mass is 381 g/mol. The normalized spacial score (nSPS) is 18.1. The first kappa shape index (κ1) is 18.2. The fourth-order valence-corrected chi connectivity index (χ4v) is 4.13. The van der Waals surface area contributed by atoms with Gasteiger partial charge in [-0.25, -0.2) is 0 Å². The van der Waals surface area contributed by atoms with E-state index in [1.807, 2.05) is 18.2 Å². The number of ketones is 1. The van der Waals surface area contributed by atoms with Crippen molar-refractivity contribution in [3.05, 3.63) is 52.7 Å². The quantitative estimate of drug-likeness (QED) is 0.834. The summed E-state index contributed by atoms with van der Waals surface area (Å²) in [6.45, 7) is 0. The van der Waals surface area contributed by atoms with Crippen molar-refractivity contribution in [3.8, 4) is 23.0 Å². The minimum Gasteiger partial charge on any atom is -0.504 e. The molecule has 0 spiro atoms. The zero-order valence-corrected chi connectivity index (χ0v) is 16.2. The van der Waals surface area contributed by atoms with Crippen LogP contribution in [-0.4, -0.2) is 32.2 Å². The van der Waals surface area contributed by atoms with E-state index in [2.05, 4.69) is 5.32 Å². The van der Waals surface area contributed by atoms with Gasteiger partial charge in [-0.1, -0.05) is 6.07 Å². The second-order valence-corrected chi connectivity index (χ2v) is 6.95. The number of phenolic OH excluding ortho intramolecular Hbond substituents is 1. The number of rotatable bonds is 4. The fourth-order valence-electron chi connectivity index (χ4n) is 4.13. The van der Waals surface area contributed by atoms with Crippen LogP contribution in [0.3, 0.4) is 0 Å². The molecule has 0 saturated heterocycles. The molecule has 146 valence electrons. The Hall–Kier alpha value is -3.15. The summed E-state index contributed by atoms with van der Waals surface area (Å²) in [4.78, 5) is 12.9. The Kier molecular flexibility index (Phi) is 4.63. The van der Waals surface area contributed by atoms with Crippen LogP contribution in [0, 0.1) is 0 Å². The molecule has 2 N–H and O–H groups in total. The molecule has 0 fully saturated rings. The Morgan fingerprint density at radius 1 is 1.00 bits per heavy atom. The molecular weight excluding hydrogens is 358 g/mol. The van der Waals surface area contributed by atoms with Crippen LogP contribution < -0.4 is 19.5 Å². The molecular formula is C22H23NO5. The van der Waals surface area contributed by atoms with E-state index in [0.29, 0.717) is 23.7 Å². The van der Waals surface area contributed by atoms with Gasteiger partial charge in [0, 0.05) is 47.0 Å². The number of Topliss-reactive ketones (excluding diaryl/α,β-unsaturated/α-hetero) is 1. The SMILES string of the molecule is COc1cc2c(c(OC)c1)[C@H](c1ccc(O)c(OC)c1)C1=C(CCCC1=O)N2. The van der Waals surface area contributed by atoms with E-state index in [1.54, 1.807) is 26.4 Å². The van der Waals surface area contributed by atoms with Gasteiger partial charge in [0.2, 0.25) is 0 Å². The predicted octanol–water partition coefficient (Wildman–Crippen LogP) is 3.98. The second kappa shape index (κ2) is 7.11. The number of allylic oxidation sites excluding steroid dienone is 2. The molecule has 2 aromatic carbocycles. The van der Waals surface area contributed by atoms with Crippen LogP contribution in [0.25, 0.3) is 0 Å². The van der Waals surface area contributed by atoms with Gasteiger partial charge in [0.05, 0.1) is 21.3 Å². The Morgan fingerprint density at radius 3 is 2.50 bits per heavy atom. The van der Waals surface area contributed by atoms with E-state index in [0.717, 1.165) is 40.9 Å². The van der Waals surface area contributed by atoms with Gasteiger partial charge in [-0.05, 0) is 30.5 Å². The number of hydrogen-bond acceptors (Lipinski definition) is 6. The number of benzene rings is 2. The molecule has 0 bridgehead atoms. The number of nitrogens with one attached hydrogen (secondary N) is 1. The van der Waals surface area contributed by atoms with Crippen LogP contribution in [0.2, 0.25) is 0 Å². The molecule has 0 aromatic heterocycles. The van der Waals surface area contributed by atoms with E-state index in [1.165, 1.54) is 7.11 Å². The van der Waals surface area contributed by atoms with E-state index in [4.69, 9.17) is 14.2 Å². The standard InChI is InChI=1S/C22H23NO5/c1-26-13-10-15-22(19(11-13)28-3)20(12-7-8-16(24)18(9-12)27-2)21-14(23-15)5-4-6-17(21)25/h7-11,20,23-24H,4-6H2,1-3H3/t20-/m1/s1. The lowest BCUT2D eigenvalue weighted by molar-refractivity contribution is -0.116. The number of anilines is 1. The Balaban J connectivity index is 1.99. The third kappa shape index (κ3) is 2.85. The zero-order valence-electron chi connectivity index (χ0n) is 16.2. The summed E-state index contributed by atoms with van der Waals surface area (Å²) in [5.74, 6) is 1.57. The van der Waals surface area contributed by atoms with Crippen LogP contribution in [0.1, 0.15) is 36.3 Å². The highest BCUT2D eigenvalue weighted by molar-refractivity contribution is 6.01. The topological polar surface area (TPSA) is 77.0 Å². The molecule has 6 heteroatoms. The summed E-state index contributed by atoms with van der Waals surface area (Å²) in [7, 11) is 4.73. The third-order valence-corrected chi connectivity index (χ3v) is 5.43. The van der Waals surface area contributed by atoms with Gasteiger partial charge in [-0.15, -0.1) is 0 Å². The highest BCUT2D eigenvalue weighted by Gasteiger charge is 2.37. The van der Waals surface area contributed by atoms with Gasteiger partial charge < -0.3 is 24.6 Å². The number of ether oxygens (including phenoxy) is 3. The van der Waals surface area contributed by atoms with Crippen molar-refractivity contribution in [2.75, 3.05) is 26.6 Å². The molecule has 0 saturated carbocycles. The first-order valence-electron chi connectivity index (χ1n) is 9.23. The largest absolute Gasteiger partial charge is 0.504 e. The lowest BCUT2D eigenvalue weighted by Gasteiger charge is -2.35. The summed E-state index contributed by atoms with van der Waals surface area (Å²) in [6, 6.07) is 8.95. The summed E-state index contributed by atoms with van der Waals surface area (Å²) >= 11 is 0. The van der Waals surface area contributed by atoms with Crippen LogP contribution in [0.4, 0.5) is 5.69 Å². The summed E-state index contributed by atoms with van der Waals surface area (Å²) in [5, 5.41) is 13.5. The number of carbonyl (C=O) groups excluding carboxylic acids is 1. The minimum absolute atomic E-state index is 0.0614. The summed E-state index contributed by atoms with van der Waals surface area (Å²) < 4.78 is 16.4. The highest BCUT2D eigenvalue weighted by Crippen LogP contribution is 2.51. The molecule has 28 heavy (non-hydrogen) atoms. The molecule has 1 atom stereocenters. The smallest absolute Gasteiger partial charge is 0.161 e. The molecule has 1 aliphatic heterocycles. The third-order valence-electron chi connectivity index (χ3n) is 5.43. The predicted molar refractivity (Wildman–Crippen MR) is 106 cm³/mol. The molecule has 6 nitrogen and oxygen atoms in total. The molecule has 2 aromatic rings. The molecule has 0 radical (unpaired) electrons. The zero-order chi connectivity index (χ0) is 19.8. The van der Waals surface area contributed by atoms with Crippen molar-refractivity contribution >= 4 is 11.5 Å². The van der Waals surface area contributed by atoms with E-state index >= 15 is 0 Å². The van der Waals surface area contributed by atoms with Crippen molar-refractivity contribution in [1.82, 2.24) is 0 Å². The second-order valence-electron chi connectivity index (χ2n) is 6.95. The van der Waals surface area contributed by atoms with Gasteiger partial charge in [-0.3, -0.25) is 4.79 Å². The van der Waals surface area contributed by atoms with Crippen LogP contribution in [0.15, 0.2) is 41.6 Å². The first-order valence-corrected chi connectivity index (χ1v) is 9.23. The van der Waals surface area contributed by atoms with Gasteiger partial charge in [0.25, 0.3) is 0 Å². The number of hydrogen-bond donors (Lipinski definition) is 2. The van der Waals surface area contributed by atoms with Crippen LogP contribution in [0.5, 0.6) is 23.0 Å². The number of carbonyl (C=O) groups is 1. The average Bonchev–Trinajstić information content (AvgIpc) is 2.72. The first-order chi connectivity index (χ1) is 13.6. The van der Waals surface area contributed by atoms with E-state index in [-0.39, 0.29) is 17.5 Å². The van der Waals surface area contributed by atoms with Crippen molar-refractivity contribution in [2.24, 2.45) is 0 Å². The molecule has 1 aliphatic carbocycles. The summed E-state index contributed by atoms with van der Waals surface area (Å²) in [5.41, 5.74) is 4.31. The van der Waals surface area contributed by atoms with Crippen molar-refractivity contribution in [3.63, 3.8) is 0 Å². The molecule has 0 unspecified atom stereocenters. The lowest BCUT2D eigenvalue weighted by atomic mass is 9.75. The van der Waals surface area contributed by atoms with Gasteiger partial charge >= 0.3 is 0 Å². The van der Waals surface area contributed by atoms with Crippen molar-refractivity contribution in [2.45, 2.75) is 25.2 Å². The van der Waals surface area contributed by atoms with Crippen LogP contribution >= 0.6 is 0 Å². The van der Waals surface area contributed by atoms with E-state index in [9.17, 15) is 9.90 Å². The maximum atomic E-state index is 12.9. The maximum absolute atomic E-state index is 12.9. The van der Waals surface area contributed by atoms with Gasteiger partial charge in [-0.2, -0.15) is 0 Å². The maximum Gasteiger partial charge on any atom is 0.161 e. The van der Waals surface area contributed by atoms with Crippen LogP contribution in [-0.2, 0) is 4.79 Å². The van der Waals surface area contributed by atoms with E-state index < -0.39 is 0 Å². The summed E-state index contributed by atoms with van der Waals surface area (Å²) in [6.07, 6.45) is 2.17.